The molecule has 0 atom stereocenters. The molecule has 0 aliphatic carbocycles. The number of carbonyl (C=O) groups is 1. The summed E-state index contributed by atoms with van der Waals surface area (Å²) in [5, 5.41) is 26.6. The Hall–Kier alpha value is -1.65. The molecule has 0 aliphatic rings. The van der Waals surface area contributed by atoms with Crippen LogP contribution < -0.4 is 5.46 Å². The number of hydrogen-bond acceptors (Lipinski definition) is 3. The highest BCUT2D eigenvalue weighted by molar-refractivity contribution is 6.34. The number of carboxylic acids is 1. The second-order valence-corrected chi connectivity index (χ2v) is 2.46. The van der Waals surface area contributed by atoms with Crippen LogP contribution in [-0.4, -0.2) is 29.1 Å². The molecule has 0 radical (unpaired) electrons. The zero-order valence-corrected chi connectivity index (χ0v) is 6.40. The second kappa shape index (κ2) is 2.77. The summed E-state index contributed by atoms with van der Waals surface area (Å²) in [7, 11) is 1.56. The molecule has 0 unspecified atom stereocenters. The van der Waals surface area contributed by atoms with E-state index in [2.05, 4.69) is 0 Å². The molecule has 0 saturated heterocycles. The first-order valence-electron chi connectivity index (χ1n) is 3.28. The van der Waals surface area contributed by atoms with Crippen LogP contribution in [0.2, 0.25) is 0 Å². The molecule has 0 amide bonds. The Morgan fingerprint density at radius 3 is 2.33 bits per heavy atom. The lowest BCUT2D eigenvalue weighted by atomic mass is 9.93. The third kappa shape index (κ3) is 1.34. The molecule has 0 saturated carbocycles. The molecule has 4 nitrogen and oxygen atoms in total. The highest BCUT2D eigenvalue weighted by Crippen LogP contribution is 2.19. The number of hydrogen-bond donors (Lipinski definition) is 3. The molecule has 0 spiro atoms. The molecule has 1 aromatic rings. The van der Waals surface area contributed by atoms with Crippen LogP contribution in [0.4, 0.5) is 0 Å². The molecule has 12 heavy (non-hydrogen) atoms. The van der Waals surface area contributed by atoms with Gasteiger partial charge in [-0.1, -0.05) is 0 Å². The predicted molar refractivity (Wildman–Crippen MR) is 44.9 cm³/mol. The van der Waals surface area contributed by atoms with Gasteiger partial charge >= 0.3 is 5.97 Å². The minimum atomic E-state index is -1.21. The van der Waals surface area contributed by atoms with Gasteiger partial charge in [-0.25, -0.2) is 4.79 Å². The molecule has 3 N–H and O–H groups in total. The molecule has 0 aromatic heterocycles. The van der Waals surface area contributed by atoms with E-state index in [4.69, 9.17) is 15.3 Å². The normalized spacial score (nSPS) is 9.67. The van der Waals surface area contributed by atoms with Crippen molar-refractivity contribution in [2.45, 2.75) is 0 Å². The zero-order valence-electron chi connectivity index (χ0n) is 6.40. The van der Waals surface area contributed by atoms with E-state index in [0.29, 0.717) is 5.46 Å². The Kier molecular flexibility index (Phi) is 1.95. The lowest BCUT2D eigenvalue weighted by Gasteiger charge is -2.02. The monoisotopic (exact) mass is 166 g/mol. The Labute approximate surface area is 69.5 Å². The number of phenolic OH excluding ortho intramolecular Hbond substituents is 1. The fourth-order valence-corrected chi connectivity index (χ4v) is 0.857. The van der Waals surface area contributed by atoms with Crippen molar-refractivity contribution >= 4 is 19.3 Å². The fourth-order valence-electron chi connectivity index (χ4n) is 0.857. The molecular weight excluding hydrogens is 159 g/mol. The van der Waals surface area contributed by atoms with Gasteiger partial charge in [0.25, 0.3) is 0 Å². The van der Waals surface area contributed by atoms with E-state index in [1.165, 1.54) is 6.07 Å². The maximum absolute atomic E-state index is 10.4. The molecule has 1 rings (SSSR count). The summed E-state index contributed by atoms with van der Waals surface area (Å²) in [5.41, 5.74) is 0.218. The van der Waals surface area contributed by atoms with Gasteiger partial charge in [0.15, 0.2) is 0 Å². The van der Waals surface area contributed by atoms with Crippen molar-refractivity contribution in [2.24, 2.45) is 0 Å². The third-order valence-electron chi connectivity index (χ3n) is 1.54. The Bertz CT molecular complexity index is 334. The largest absolute Gasteiger partial charge is 0.508 e. The van der Waals surface area contributed by atoms with Gasteiger partial charge in [-0.3, -0.25) is 0 Å². The molecule has 0 aliphatic heterocycles. The van der Waals surface area contributed by atoms with E-state index >= 15 is 0 Å². The van der Waals surface area contributed by atoms with Gasteiger partial charge in [0.05, 0.1) is 0 Å². The summed E-state index contributed by atoms with van der Waals surface area (Å²) in [6, 6.07) is 2.23. The maximum Gasteiger partial charge on any atom is 0.339 e. The summed E-state index contributed by atoms with van der Waals surface area (Å²) in [5.74, 6) is -1.75. The Morgan fingerprint density at radius 1 is 1.25 bits per heavy atom. The van der Waals surface area contributed by atoms with E-state index in [0.717, 1.165) is 6.07 Å². The van der Waals surface area contributed by atoms with Crippen LogP contribution in [0, 0.1) is 0 Å². The SMILES string of the molecule is Bc1cc(C(=O)O)c(O)cc1O. The van der Waals surface area contributed by atoms with Gasteiger partial charge in [0.2, 0.25) is 0 Å². The van der Waals surface area contributed by atoms with Gasteiger partial charge in [0, 0.05) is 6.07 Å². The molecule has 1 aromatic carbocycles. The quantitative estimate of drug-likeness (QED) is 0.470. The number of carboxylic acid groups (broad SMARTS) is 1. The lowest BCUT2D eigenvalue weighted by Crippen LogP contribution is -2.07. The first kappa shape index (κ1) is 8.45. The van der Waals surface area contributed by atoms with Crippen LogP contribution in [0.25, 0.3) is 0 Å². The fraction of sp³-hybridized carbons (Fsp3) is 0. The Balaban J connectivity index is 3.33. The summed E-state index contributed by atoms with van der Waals surface area (Å²) in [6.07, 6.45) is 0. The van der Waals surface area contributed by atoms with Gasteiger partial charge in [-0.15, -0.1) is 0 Å². The third-order valence-corrected chi connectivity index (χ3v) is 1.54. The van der Waals surface area contributed by atoms with Crippen molar-refractivity contribution in [1.29, 1.82) is 0 Å². The molecule has 62 valence electrons. The summed E-state index contributed by atoms with van der Waals surface area (Å²) in [4.78, 5) is 10.4. The summed E-state index contributed by atoms with van der Waals surface area (Å²) in [6.45, 7) is 0. The molecular formula is C7H7BO4. The van der Waals surface area contributed by atoms with Crippen LogP contribution in [0.5, 0.6) is 11.5 Å². The topological polar surface area (TPSA) is 77.8 Å². The summed E-state index contributed by atoms with van der Waals surface area (Å²) < 4.78 is 0. The van der Waals surface area contributed by atoms with Crippen molar-refractivity contribution in [1.82, 2.24) is 0 Å². The zero-order chi connectivity index (χ0) is 9.30. The van der Waals surface area contributed by atoms with Crippen molar-refractivity contribution in [2.75, 3.05) is 0 Å². The minimum absolute atomic E-state index is 0.113. The van der Waals surface area contributed by atoms with Gasteiger partial charge < -0.3 is 15.3 Å². The first-order chi connectivity index (χ1) is 5.52. The van der Waals surface area contributed by atoms with Crippen LogP contribution in [0.3, 0.4) is 0 Å². The lowest BCUT2D eigenvalue weighted by molar-refractivity contribution is 0.0694. The van der Waals surface area contributed by atoms with E-state index in [9.17, 15) is 4.79 Å². The standard InChI is InChI=1S/C7H7BO4/c8-4-1-3(7(11)12)5(9)2-6(4)10/h1-2,9-10H,8H2,(H,11,12). The smallest absolute Gasteiger partial charge is 0.339 e. The van der Waals surface area contributed by atoms with Gasteiger partial charge in [-0.05, 0) is 11.5 Å². The highest BCUT2D eigenvalue weighted by atomic mass is 16.4. The number of phenols is 2. The molecule has 0 bridgehead atoms. The van der Waals surface area contributed by atoms with Gasteiger partial charge in [-0.2, -0.15) is 0 Å². The number of rotatable bonds is 1. The van der Waals surface area contributed by atoms with Gasteiger partial charge in [0.1, 0.15) is 24.9 Å². The van der Waals surface area contributed by atoms with Crippen LogP contribution in [0.15, 0.2) is 12.1 Å². The highest BCUT2D eigenvalue weighted by Gasteiger charge is 2.11. The van der Waals surface area contributed by atoms with E-state index in [1.807, 2.05) is 0 Å². The van der Waals surface area contributed by atoms with Crippen LogP contribution >= 0.6 is 0 Å². The average molecular weight is 166 g/mol. The van der Waals surface area contributed by atoms with E-state index < -0.39 is 11.7 Å². The number of aromatic hydroxyl groups is 2. The predicted octanol–water partition coefficient (Wildman–Crippen LogP) is -0.946. The van der Waals surface area contributed by atoms with Crippen molar-refractivity contribution in [3.05, 3.63) is 17.7 Å². The first-order valence-corrected chi connectivity index (χ1v) is 3.28. The number of benzene rings is 1. The minimum Gasteiger partial charge on any atom is -0.508 e. The molecule has 0 fully saturated rings. The second-order valence-electron chi connectivity index (χ2n) is 2.46. The summed E-state index contributed by atoms with van der Waals surface area (Å²) >= 11 is 0. The van der Waals surface area contributed by atoms with Crippen LogP contribution in [0.1, 0.15) is 10.4 Å². The molecule has 0 heterocycles. The maximum atomic E-state index is 10.4. The Morgan fingerprint density at radius 2 is 1.83 bits per heavy atom. The van der Waals surface area contributed by atoms with E-state index in [1.54, 1.807) is 7.85 Å². The van der Waals surface area contributed by atoms with Crippen LogP contribution in [-0.2, 0) is 0 Å². The van der Waals surface area contributed by atoms with Crippen molar-refractivity contribution < 1.29 is 20.1 Å². The molecule has 5 heteroatoms. The number of aromatic carboxylic acids is 1. The average Bonchev–Trinajstić information content (AvgIpc) is 1.96. The van der Waals surface area contributed by atoms with Crippen molar-refractivity contribution in [3.63, 3.8) is 0 Å². The van der Waals surface area contributed by atoms with E-state index in [-0.39, 0.29) is 11.3 Å². The van der Waals surface area contributed by atoms with Crippen molar-refractivity contribution in [3.8, 4) is 11.5 Å².